The number of carbonyl (C=O) groups is 1. The number of nitrogens with one attached hydrogen (secondary N) is 1. The molecule has 0 aliphatic heterocycles. The van der Waals surface area contributed by atoms with Gasteiger partial charge in [-0.1, -0.05) is 51.5 Å². The number of hydrogen-bond donors (Lipinski definition) is 2. The first kappa shape index (κ1) is 25.3. The normalized spacial score (nSPS) is 19.2. The van der Waals surface area contributed by atoms with Crippen molar-refractivity contribution in [1.29, 1.82) is 5.26 Å². The minimum atomic E-state index is -0.196. The second-order valence-electron chi connectivity index (χ2n) is 7.57. The molecular formula is C25H35N3O2. The highest BCUT2D eigenvalue weighted by Crippen LogP contribution is 2.24. The lowest BCUT2D eigenvalue weighted by Crippen LogP contribution is -2.22. The quantitative estimate of drug-likeness (QED) is 0.214. The summed E-state index contributed by atoms with van der Waals surface area (Å²) in [5.41, 5.74) is 1.31. The number of aliphatic hydroxyl groups is 1. The van der Waals surface area contributed by atoms with Gasteiger partial charge in [-0.05, 0) is 50.7 Å². The minimum Gasteiger partial charge on any atom is -0.393 e. The van der Waals surface area contributed by atoms with E-state index in [4.69, 9.17) is 5.26 Å². The Balaban J connectivity index is 0.00000103. The summed E-state index contributed by atoms with van der Waals surface area (Å²) in [5, 5.41) is 21.5. The summed E-state index contributed by atoms with van der Waals surface area (Å²) >= 11 is 0. The van der Waals surface area contributed by atoms with Gasteiger partial charge in [0.15, 0.2) is 5.78 Å². The first-order valence-corrected chi connectivity index (χ1v) is 10.8. The van der Waals surface area contributed by atoms with Crippen LogP contribution in [0.3, 0.4) is 0 Å². The molecule has 0 aromatic heterocycles. The molecule has 0 saturated heterocycles. The monoisotopic (exact) mass is 409 g/mol. The second kappa shape index (κ2) is 14.3. The van der Waals surface area contributed by atoms with Crippen LogP contribution in [0.25, 0.3) is 0 Å². The number of unbranched alkanes of at least 4 members (excludes halogenated alkanes) is 1. The molecule has 2 rings (SSSR count). The Kier molecular flexibility index (Phi) is 12.1. The van der Waals surface area contributed by atoms with Crippen molar-refractivity contribution in [2.24, 2.45) is 10.9 Å². The Morgan fingerprint density at radius 1 is 1.30 bits per heavy atom. The molecular weight excluding hydrogens is 374 g/mol. The Morgan fingerprint density at radius 2 is 1.97 bits per heavy atom. The third kappa shape index (κ3) is 9.19. The van der Waals surface area contributed by atoms with Gasteiger partial charge in [0.1, 0.15) is 0 Å². The van der Waals surface area contributed by atoms with Crippen LogP contribution in [0.5, 0.6) is 0 Å². The van der Waals surface area contributed by atoms with Crippen LogP contribution in [0.1, 0.15) is 75.2 Å². The van der Waals surface area contributed by atoms with Gasteiger partial charge in [0.25, 0.3) is 0 Å². The van der Waals surface area contributed by atoms with Crippen LogP contribution in [-0.4, -0.2) is 29.4 Å². The molecule has 5 heteroatoms. The van der Waals surface area contributed by atoms with E-state index in [0.717, 1.165) is 38.1 Å². The molecule has 2 N–H and O–H groups in total. The maximum absolute atomic E-state index is 12.5. The van der Waals surface area contributed by atoms with Crippen molar-refractivity contribution in [2.75, 3.05) is 6.54 Å². The van der Waals surface area contributed by atoms with Gasteiger partial charge in [-0.25, -0.2) is 0 Å². The Bertz CT molecular complexity index is 780. The van der Waals surface area contributed by atoms with E-state index in [-0.39, 0.29) is 11.9 Å². The molecule has 0 bridgehead atoms. The predicted octanol–water partition coefficient (Wildman–Crippen LogP) is 5.18. The van der Waals surface area contributed by atoms with Crippen LogP contribution < -0.4 is 5.32 Å². The highest BCUT2D eigenvalue weighted by Gasteiger charge is 2.18. The highest BCUT2D eigenvalue weighted by molar-refractivity contribution is 6.10. The van der Waals surface area contributed by atoms with Crippen LogP contribution in [0.2, 0.25) is 0 Å². The van der Waals surface area contributed by atoms with Crippen molar-refractivity contribution in [1.82, 2.24) is 5.32 Å². The van der Waals surface area contributed by atoms with E-state index in [0.29, 0.717) is 22.6 Å². The second-order valence-corrected chi connectivity index (χ2v) is 7.57. The molecule has 162 valence electrons. The van der Waals surface area contributed by atoms with Gasteiger partial charge in [0.05, 0.1) is 23.6 Å². The van der Waals surface area contributed by atoms with Gasteiger partial charge < -0.3 is 10.4 Å². The van der Waals surface area contributed by atoms with Crippen LogP contribution in [-0.2, 0) is 0 Å². The van der Waals surface area contributed by atoms with Crippen molar-refractivity contribution in [2.45, 2.75) is 65.4 Å². The molecule has 0 radical (unpaired) electrons. The van der Waals surface area contributed by atoms with Crippen LogP contribution in [0.4, 0.5) is 0 Å². The number of allylic oxidation sites excluding steroid dienone is 2. The molecule has 1 fully saturated rings. The first-order valence-electron chi connectivity index (χ1n) is 10.8. The van der Waals surface area contributed by atoms with Gasteiger partial charge in [0.2, 0.25) is 0 Å². The average molecular weight is 410 g/mol. The number of aliphatic hydroxyl groups excluding tert-OH is 1. The molecule has 5 nitrogen and oxygen atoms in total. The van der Waals surface area contributed by atoms with Gasteiger partial charge in [0, 0.05) is 23.9 Å². The number of Topliss-reactive ketones (excluding diaryl/α,β-unsaturated/α-hetero) is 1. The highest BCUT2D eigenvalue weighted by atomic mass is 16.3. The topological polar surface area (TPSA) is 85.5 Å². The SMILES string of the molecule is C=C/C(=C\NC(C)=NCC1CCC(O)CC1)C(=O)c1cccc(C#N)c1.CCCC. The average Bonchev–Trinajstić information content (AvgIpc) is 2.79. The molecule has 1 aromatic carbocycles. The molecule has 0 amide bonds. The zero-order chi connectivity index (χ0) is 22.4. The van der Waals surface area contributed by atoms with E-state index in [1.807, 2.05) is 13.0 Å². The third-order valence-electron chi connectivity index (χ3n) is 5.08. The summed E-state index contributed by atoms with van der Waals surface area (Å²) in [4.78, 5) is 17.1. The van der Waals surface area contributed by atoms with E-state index in [1.54, 1.807) is 30.5 Å². The zero-order valence-corrected chi connectivity index (χ0v) is 18.5. The number of hydrogen-bond acceptors (Lipinski definition) is 4. The Labute approximate surface area is 181 Å². The number of amidine groups is 1. The van der Waals surface area contributed by atoms with E-state index in [1.165, 1.54) is 18.9 Å². The molecule has 1 aliphatic rings. The molecule has 30 heavy (non-hydrogen) atoms. The fourth-order valence-corrected chi connectivity index (χ4v) is 2.94. The molecule has 0 spiro atoms. The number of ketones is 1. The van der Waals surface area contributed by atoms with Crippen molar-refractivity contribution in [3.63, 3.8) is 0 Å². The predicted molar refractivity (Wildman–Crippen MR) is 123 cm³/mol. The molecule has 1 aromatic rings. The van der Waals surface area contributed by atoms with Gasteiger partial charge in [-0.3, -0.25) is 9.79 Å². The summed E-state index contributed by atoms with van der Waals surface area (Å²) < 4.78 is 0. The van der Waals surface area contributed by atoms with E-state index >= 15 is 0 Å². The van der Waals surface area contributed by atoms with Crippen molar-refractivity contribution >= 4 is 11.6 Å². The number of rotatable bonds is 7. The molecule has 0 atom stereocenters. The standard InChI is InChI=1S/C21H25N3O2.C4H10/c1-3-18(21(26)19-6-4-5-17(11-19)12-22)14-24-15(2)23-13-16-7-9-20(25)10-8-16;1-3-4-2/h3-6,11,14,16,20,25H,1,7-10,13H2,2H3,(H,23,24);3-4H2,1-2H3/b18-14+;. The van der Waals surface area contributed by atoms with Crippen molar-refractivity contribution in [3.05, 3.63) is 59.8 Å². The smallest absolute Gasteiger partial charge is 0.194 e. The largest absolute Gasteiger partial charge is 0.393 e. The molecule has 1 aliphatic carbocycles. The van der Waals surface area contributed by atoms with Crippen molar-refractivity contribution in [3.8, 4) is 6.07 Å². The maximum atomic E-state index is 12.5. The van der Waals surface area contributed by atoms with Crippen molar-refractivity contribution < 1.29 is 9.90 Å². The summed E-state index contributed by atoms with van der Waals surface area (Å²) in [6, 6.07) is 8.63. The van der Waals surface area contributed by atoms with Crippen LogP contribution in [0.15, 0.2) is 53.7 Å². The number of nitrogens with zero attached hydrogens (tertiary/aromatic N) is 2. The fraction of sp³-hybridized carbons (Fsp3) is 0.480. The first-order chi connectivity index (χ1) is 14.4. The lowest BCUT2D eigenvalue weighted by atomic mass is 9.87. The lowest BCUT2D eigenvalue weighted by Gasteiger charge is -2.23. The number of nitriles is 1. The third-order valence-corrected chi connectivity index (χ3v) is 5.08. The Hall–Kier alpha value is -2.71. The summed E-state index contributed by atoms with van der Waals surface area (Å²) in [6.07, 6.45) is 9.27. The van der Waals surface area contributed by atoms with E-state index in [2.05, 4.69) is 30.7 Å². The van der Waals surface area contributed by atoms with E-state index < -0.39 is 0 Å². The zero-order valence-electron chi connectivity index (χ0n) is 18.5. The summed E-state index contributed by atoms with van der Waals surface area (Å²) in [5.74, 6) is 1.04. The van der Waals surface area contributed by atoms with Crippen LogP contribution in [0, 0.1) is 17.2 Å². The lowest BCUT2D eigenvalue weighted by molar-refractivity contribution is 0.103. The minimum absolute atomic E-state index is 0.155. The summed E-state index contributed by atoms with van der Waals surface area (Å²) in [7, 11) is 0. The number of aliphatic imine (C=N–C) groups is 1. The van der Waals surface area contributed by atoms with E-state index in [9.17, 15) is 9.90 Å². The van der Waals surface area contributed by atoms with Gasteiger partial charge >= 0.3 is 0 Å². The number of benzene rings is 1. The van der Waals surface area contributed by atoms with Crippen LogP contribution >= 0.6 is 0 Å². The fourth-order valence-electron chi connectivity index (χ4n) is 2.94. The molecule has 0 heterocycles. The molecule has 0 unspecified atom stereocenters. The molecule has 1 saturated carbocycles. The van der Waals surface area contributed by atoms with Gasteiger partial charge in [-0.2, -0.15) is 5.26 Å². The maximum Gasteiger partial charge on any atom is 0.194 e. The van der Waals surface area contributed by atoms with Gasteiger partial charge in [-0.15, -0.1) is 0 Å². The summed E-state index contributed by atoms with van der Waals surface area (Å²) in [6.45, 7) is 10.6. The number of carbonyl (C=O) groups excluding carboxylic acids is 1. The Morgan fingerprint density at radius 3 is 2.53 bits per heavy atom.